The Morgan fingerprint density at radius 1 is 0.654 bits per heavy atom. The number of hydrogen-bond donors (Lipinski definition) is 0. The molecule has 2 rings (SSSR count). The summed E-state index contributed by atoms with van der Waals surface area (Å²) in [5.74, 6) is -1.40. The zero-order valence-electron chi connectivity index (χ0n) is 16.3. The molecule has 0 saturated carbocycles. The van der Waals surface area contributed by atoms with Gasteiger partial charge in [0.2, 0.25) is 0 Å². The van der Waals surface area contributed by atoms with E-state index in [1.54, 1.807) is 36.4 Å². The van der Waals surface area contributed by atoms with E-state index in [4.69, 9.17) is 9.78 Å². The van der Waals surface area contributed by atoms with Crippen LogP contribution < -0.4 is 0 Å². The molecular formula is C22H26O4. The summed E-state index contributed by atoms with van der Waals surface area (Å²) in [6.45, 7) is 12.3. The van der Waals surface area contributed by atoms with Crippen molar-refractivity contribution in [2.24, 2.45) is 0 Å². The van der Waals surface area contributed by atoms with E-state index in [2.05, 4.69) is 41.5 Å². The molecule has 0 spiro atoms. The first-order chi connectivity index (χ1) is 12.0. The second-order valence-corrected chi connectivity index (χ2v) is 8.40. The molecule has 0 aliphatic rings. The summed E-state index contributed by atoms with van der Waals surface area (Å²) in [5.41, 5.74) is 2.48. The van der Waals surface area contributed by atoms with E-state index >= 15 is 0 Å². The average Bonchev–Trinajstić information content (AvgIpc) is 2.58. The van der Waals surface area contributed by atoms with Crippen molar-refractivity contribution in [3.8, 4) is 0 Å². The van der Waals surface area contributed by atoms with E-state index < -0.39 is 11.9 Å². The van der Waals surface area contributed by atoms with Crippen LogP contribution in [0.5, 0.6) is 0 Å². The van der Waals surface area contributed by atoms with Crippen molar-refractivity contribution in [3.63, 3.8) is 0 Å². The van der Waals surface area contributed by atoms with Gasteiger partial charge < -0.3 is 0 Å². The van der Waals surface area contributed by atoms with Crippen LogP contribution in [-0.2, 0) is 20.6 Å². The van der Waals surface area contributed by atoms with Gasteiger partial charge in [-0.2, -0.15) is 0 Å². The van der Waals surface area contributed by atoms with E-state index in [1.807, 2.05) is 12.1 Å². The Hall–Kier alpha value is -2.62. The molecule has 0 aliphatic carbocycles. The molecule has 0 fully saturated rings. The number of carbonyl (C=O) groups is 2. The summed E-state index contributed by atoms with van der Waals surface area (Å²) >= 11 is 0. The van der Waals surface area contributed by atoms with Gasteiger partial charge in [-0.1, -0.05) is 65.8 Å². The summed E-state index contributed by atoms with van der Waals surface area (Å²) < 4.78 is 0. The number of carbonyl (C=O) groups excluding carboxylic acids is 2. The van der Waals surface area contributed by atoms with Crippen LogP contribution in [0.4, 0.5) is 0 Å². The van der Waals surface area contributed by atoms with Crippen LogP contribution in [0.1, 0.15) is 73.4 Å². The van der Waals surface area contributed by atoms with Gasteiger partial charge in [-0.05, 0) is 46.2 Å². The van der Waals surface area contributed by atoms with Gasteiger partial charge in [-0.25, -0.2) is 19.4 Å². The highest BCUT2D eigenvalue weighted by Gasteiger charge is 2.20. The van der Waals surface area contributed by atoms with Crippen LogP contribution in [0, 0.1) is 0 Å². The minimum absolute atomic E-state index is 0.0969. The summed E-state index contributed by atoms with van der Waals surface area (Å²) in [7, 11) is 0. The smallest absolute Gasteiger partial charge is 0.242 e. The highest BCUT2D eigenvalue weighted by molar-refractivity contribution is 5.92. The Morgan fingerprint density at radius 2 is 1.00 bits per heavy atom. The standard InChI is InChI=1S/C22H26O4/c1-21(2,3)17-11-7-9-15(13-17)19(23)25-26-20(24)16-10-8-12-18(14-16)22(4,5)6/h7-14H,1-6H3. The molecule has 0 radical (unpaired) electrons. The van der Waals surface area contributed by atoms with Crippen molar-refractivity contribution in [2.75, 3.05) is 0 Å². The average molecular weight is 354 g/mol. The third-order valence-corrected chi connectivity index (χ3v) is 4.12. The SMILES string of the molecule is CC(C)(C)c1cccc(C(=O)OOC(=O)c2cccc(C(C)(C)C)c2)c1. The molecule has 0 bridgehead atoms. The van der Waals surface area contributed by atoms with Crippen LogP contribution in [0.15, 0.2) is 48.5 Å². The molecule has 0 amide bonds. The Morgan fingerprint density at radius 3 is 1.31 bits per heavy atom. The van der Waals surface area contributed by atoms with Crippen molar-refractivity contribution in [3.05, 3.63) is 70.8 Å². The molecule has 0 N–H and O–H groups in total. The van der Waals surface area contributed by atoms with E-state index in [-0.39, 0.29) is 10.8 Å². The van der Waals surface area contributed by atoms with Gasteiger partial charge in [-0.15, -0.1) is 0 Å². The van der Waals surface area contributed by atoms with Gasteiger partial charge in [0.15, 0.2) is 0 Å². The fourth-order valence-electron chi connectivity index (χ4n) is 2.40. The monoisotopic (exact) mass is 354 g/mol. The fourth-order valence-corrected chi connectivity index (χ4v) is 2.40. The van der Waals surface area contributed by atoms with Gasteiger partial charge in [0.25, 0.3) is 0 Å². The lowest BCUT2D eigenvalue weighted by Gasteiger charge is -2.19. The first-order valence-electron chi connectivity index (χ1n) is 8.63. The number of hydrogen-bond acceptors (Lipinski definition) is 4. The maximum Gasteiger partial charge on any atom is 0.386 e. The van der Waals surface area contributed by atoms with Crippen LogP contribution >= 0.6 is 0 Å². The molecule has 2 aromatic rings. The van der Waals surface area contributed by atoms with Crippen LogP contribution in [0.2, 0.25) is 0 Å². The third-order valence-electron chi connectivity index (χ3n) is 4.12. The van der Waals surface area contributed by atoms with Crippen molar-refractivity contribution < 1.29 is 19.4 Å². The number of rotatable bonds is 2. The summed E-state index contributed by atoms with van der Waals surface area (Å²) in [5, 5.41) is 0. The third kappa shape index (κ3) is 4.94. The van der Waals surface area contributed by atoms with E-state index in [9.17, 15) is 9.59 Å². The molecule has 2 aromatic carbocycles. The molecule has 0 atom stereocenters. The van der Waals surface area contributed by atoms with Crippen molar-refractivity contribution in [1.82, 2.24) is 0 Å². The van der Waals surface area contributed by atoms with E-state index in [0.717, 1.165) is 11.1 Å². The van der Waals surface area contributed by atoms with Crippen molar-refractivity contribution in [2.45, 2.75) is 52.4 Å². The summed E-state index contributed by atoms with van der Waals surface area (Å²) in [6, 6.07) is 14.2. The first-order valence-corrected chi connectivity index (χ1v) is 8.63. The van der Waals surface area contributed by atoms with Gasteiger partial charge in [0, 0.05) is 0 Å². The normalized spacial score (nSPS) is 11.8. The highest BCUT2D eigenvalue weighted by Crippen LogP contribution is 2.24. The zero-order valence-corrected chi connectivity index (χ0v) is 16.3. The topological polar surface area (TPSA) is 52.6 Å². The highest BCUT2D eigenvalue weighted by atomic mass is 17.2. The Balaban J connectivity index is 2.07. The largest absolute Gasteiger partial charge is 0.386 e. The predicted octanol–water partition coefficient (Wildman–Crippen LogP) is 5.21. The molecule has 0 heterocycles. The minimum atomic E-state index is -0.698. The summed E-state index contributed by atoms with van der Waals surface area (Å²) in [6.07, 6.45) is 0. The van der Waals surface area contributed by atoms with Gasteiger partial charge in [-0.3, -0.25) is 0 Å². The molecule has 0 aliphatic heterocycles. The number of benzene rings is 2. The van der Waals surface area contributed by atoms with E-state index in [0.29, 0.717) is 11.1 Å². The van der Waals surface area contributed by atoms with Crippen molar-refractivity contribution in [1.29, 1.82) is 0 Å². The lowest BCUT2D eigenvalue weighted by molar-refractivity contribution is -0.187. The molecule has 4 nitrogen and oxygen atoms in total. The van der Waals surface area contributed by atoms with Gasteiger partial charge >= 0.3 is 11.9 Å². The van der Waals surface area contributed by atoms with Crippen molar-refractivity contribution >= 4 is 11.9 Å². The zero-order chi connectivity index (χ0) is 19.5. The summed E-state index contributed by atoms with van der Waals surface area (Å²) in [4.78, 5) is 33.9. The molecule has 0 aromatic heterocycles. The van der Waals surface area contributed by atoms with Crippen LogP contribution in [-0.4, -0.2) is 11.9 Å². The molecule has 4 heteroatoms. The minimum Gasteiger partial charge on any atom is -0.242 e. The molecule has 138 valence electrons. The van der Waals surface area contributed by atoms with Crippen LogP contribution in [0.25, 0.3) is 0 Å². The molecule has 26 heavy (non-hydrogen) atoms. The quantitative estimate of drug-likeness (QED) is 0.549. The predicted molar refractivity (Wildman–Crippen MR) is 101 cm³/mol. The van der Waals surface area contributed by atoms with Crippen LogP contribution in [0.3, 0.4) is 0 Å². The molecular weight excluding hydrogens is 328 g/mol. The molecule has 0 unspecified atom stereocenters. The molecule has 0 saturated heterocycles. The Bertz CT molecular complexity index is 738. The Labute approximate surface area is 155 Å². The Kier molecular flexibility index (Phi) is 5.55. The second kappa shape index (κ2) is 7.32. The second-order valence-electron chi connectivity index (χ2n) is 8.40. The fraction of sp³-hybridized carbons (Fsp3) is 0.364. The first kappa shape index (κ1) is 19.7. The maximum atomic E-state index is 12.2. The van der Waals surface area contributed by atoms with E-state index in [1.165, 1.54) is 0 Å². The van der Waals surface area contributed by atoms with Gasteiger partial charge in [0.05, 0.1) is 11.1 Å². The lowest BCUT2D eigenvalue weighted by Crippen LogP contribution is -2.16. The lowest BCUT2D eigenvalue weighted by atomic mass is 9.86. The maximum absolute atomic E-state index is 12.2. The van der Waals surface area contributed by atoms with Gasteiger partial charge in [0.1, 0.15) is 0 Å².